The largest absolute Gasteiger partial charge is 0.392 e. The van der Waals surface area contributed by atoms with Crippen LogP contribution in [0, 0.1) is 5.82 Å². The smallest absolute Gasteiger partial charge is 0.137 e. The number of fused-ring (bicyclic) bond motifs is 2. The third kappa shape index (κ3) is 2.60. The summed E-state index contributed by atoms with van der Waals surface area (Å²) in [5.41, 5.74) is 5.62. The standard InChI is InChI=1S/C22H16FN3O/c23-19-3-1-2-17(18(19)13-27)16-5-7-22-25-21(12-26(22)11-16)14-4-6-20-15(10-14)8-9-24-20/h1-12,24,27H,13H2. The Hall–Kier alpha value is -3.44. The maximum atomic E-state index is 14.0. The van der Waals surface area contributed by atoms with Gasteiger partial charge in [0.15, 0.2) is 0 Å². The molecule has 0 radical (unpaired) electrons. The average Bonchev–Trinajstić information content (AvgIpc) is 3.33. The van der Waals surface area contributed by atoms with Crippen molar-refractivity contribution in [3.05, 3.63) is 84.6 Å². The van der Waals surface area contributed by atoms with Gasteiger partial charge in [-0.2, -0.15) is 0 Å². The van der Waals surface area contributed by atoms with Gasteiger partial charge in [-0.1, -0.05) is 18.2 Å². The highest BCUT2D eigenvalue weighted by molar-refractivity contribution is 5.84. The van der Waals surface area contributed by atoms with Crippen molar-refractivity contribution < 1.29 is 9.50 Å². The molecule has 27 heavy (non-hydrogen) atoms. The first-order valence-corrected chi connectivity index (χ1v) is 8.68. The molecule has 2 N–H and O–H groups in total. The van der Waals surface area contributed by atoms with Gasteiger partial charge in [0, 0.05) is 40.6 Å². The van der Waals surface area contributed by atoms with Crippen LogP contribution in [0.4, 0.5) is 4.39 Å². The zero-order chi connectivity index (χ0) is 18.4. The first-order valence-electron chi connectivity index (χ1n) is 8.68. The molecular formula is C22H16FN3O. The van der Waals surface area contributed by atoms with Crippen molar-refractivity contribution in [2.75, 3.05) is 0 Å². The first kappa shape index (κ1) is 15.8. The Kier molecular flexibility index (Phi) is 3.55. The molecule has 0 saturated heterocycles. The van der Waals surface area contributed by atoms with E-state index in [2.05, 4.69) is 11.1 Å². The van der Waals surface area contributed by atoms with Crippen LogP contribution in [0.3, 0.4) is 0 Å². The number of H-pyrrole nitrogens is 1. The predicted molar refractivity (Wildman–Crippen MR) is 104 cm³/mol. The van der Waals surface area contributed by atoms with Gasteiger partial charge in [-0.05, 0) is 47.5 Å². The Bertz CT molecular complexity index is 1290. The summed E-state index contributed by atoms with van der Waals surface area (Å²) in [5.74, 6) is -0.402. The number of aliphatic hydroxyl groups is 1. The SMILES string of the molecule is OCc1c(F)cccc1-c1ccc2nc(-c3ccc4[nH]ccc4c3)cn2c1. The lowest BCUT2D eigenvalue weighted by Crippen LogP contribution is -1.95. The molecule has 5 aromatic rings. The Morgan fingerprint density at radius 3 is 2.78 bits per heavy atom. The predicted octanol–water partition coefficient (Wildman–Crippen LogP) is 4.78. The Balaban J connectivity index is 1.62. The summed E-state index contributed by atoms with van der Waals surface area (Å²) in [6.45, 7) is -0.341. The van der Waals surface area contributed by atoms with E-state index in [-0.39, 0.29) is 6.61 Å². The van der Waals surface area contributed by atoms with Crippen molar-refractivity contribution in [2.45, 2.75) is 6.61 Å². The number of aromatic amines is 1. The topological polar surface area (TPSA) is 53.3 Å². The molecule has 0 bridgehead atoms. The van der Waals surface area contributed by atoms with Crippen molar-refractivity contribution in [3.63, 3.8) is 0 Å². The highest BCUT2D eigenvalue weighted by atomic mass is 19.1. The van der Waals surface area contributed by atoms with Crippen LogP contribution in [0.5, 0.6) is 0 Å². The summed E-state index contributed by atoms with van der Waals surface area (Å²) >= 11 is 0. The van der Waals surface area contributed by atoms with E-state index in [0.29, 0.717) is 11.1 Å². The van der Waals surface area contributed by atoms with E-state index in [4.69, 9.17) is 4.98 Å². The van der Waals surface area contributed by atoms with Crippen molar-refractivity contribution in [2.24, 2.45) is 0 Å². The lowest BCUT2D eigenvalue weighted by molar-refractivity contribution is 0.276. The first-order chi connectivity index (χ1) is 13.2. The van der Waals surface area contributed by atoms with E-state index in [1.54, 1.807) is 6.07 Å². The fourth-order valence-electron chi connectivity index (χ4n) is 3.49. The molecule has 0 saturated carbocycles. The summed E-state index contributed by atoms with van der Waals surface area (Å²) in [5, 5.41) is 10.7. The maximum Gasteiger partial charge on any atom is 0.137 e. The molecule has 0 spiro atoms. The number of pyridine rings is 1. The fourth-order valence-corrected chi connectivity index (χ4v) is 3.49. The molecule has 0 aliphatic rings. The van der Waals surface area contributed by atoms with Gasteiger partial charge in [-0.3, -0.25) is 0 Å². The molecular weight excluding hydrogens is 341 g/mol. The van der Waals surface area contributed by atoms with E-state index in [1.807, 2.05) is 59.4 Å². The molecule has 5 rings (SSSR count). The number of rotatable bonds is 3. The van der Waals surface area contributed by atoms with Crippen molar-refractivity contribution >= 4 is 16.6 Å². The molecule has 5 heteroatoms. The molecule has 132 valence electrons. The van der Waals surface area contributed by atoms with E-state index < -0.39 is 5.82 Å². The summed E-state index contributed by atoms with van der Waals surface area (Å²) in [4.78, 5) is 7.89. The van der Waals surface area contributed by atoms with Gasteiger partial charge in [-0.25, -0.2) is 9.37 Å². The van der Waals surface area contributed by atoms with E-state index in [0.717, 1.165) is 33.4 Å². The third-order valence-electron chi connectivity index (χ3n) is 4.89. The Labute approximate surface area is 154 Å². The number of hydrogen-bond donors (Lipinski definition) is 2. The quantitative estimate of drug-likeness (QED) is 0.488. The molecule has 0 aliphatic carbocycles. The van der Waals surface area contributed by atoms with Crippen LogP contribution in [0.25, 0.3) is 38.9 Å². The molecule has 0 amide bonds. The van der Waals surface area contributed by atoms with Gasteiger partial charge >= 0.3 is 0 Å². The molecule has 4 nitrogen and oxygen atoms in total. The van der Waals surface area contributed by atoms with Gasteiger partial charge < -0.3 is 14.5 Å². The maximum absolute atomic E-state index is 14.0. The van der Waals surface area contributed by atoms with Crippen molar-refractivity contribution in [1.82, 2.24) is 14.4 Å². The van der Waals surface area contributed by atoms with Gasteiger partial charge in [0.25, 0.3) is 0 Å². The number of aromatic nitrogens is 3. The zero-order valence-electron chi connectivity index (χ0n) is 14.4. The molecule has 3 aromatic heterocycles. The van der Waals surface area contributed by atoms with Crippen molar-refractivity contribution in [3.8, 4) is 22.4 Å². The molecule has 0 atom stereocenters. The van der Waals surface area contributed by atoms with Gasteiger partial charge in [0.05, 0.1) is 12.3 Å². The number of nitrogens with zero attached hydrogens (tertiary/aromatic N) is 2. The minimum Gasteiger partial charge on any atom is -0.392 e. The lowest BCUT2D eigenvalue weighted by Gasteiger charge is -2.09. The number of imidazole rings is 1. The van der Waals surface area contributed by atoms with Crippen molar-refractivity contribution in [1.29, 1.82) is 0 Å². The van der Waals surface area contributed by atoms with Gasteiger partial charge in [0.2, 0.25) is 0 Å². The van der Waals surface area contributed by atoms with Crippen LogP contribution >= 0.6 is 0 Å². The lowest BCUT2D eigenvalue weighted by atomic mass is 10.0. The second-order valence-corrected chi connectivity index (χ2v) is 6.51. The molecule has 0 unspecified atom stereocenters. The van der Waals surface area contributed by atoms with E-state index >= 15 is 0 Å². The monoisotopic (exact) mass is 357 g/mol. The fraction of sp³-hybridized carbons (Fsp3) is 0.0455. The summed E-state index contributed by atoms with van der Waals surface area (Å²) < 4.78 is 15.9. The number of halogens is 1. The molecule has 3 heterocycles. The normalized spacial score (nSPS) is 11.5. The van der Waals surface area contributed by atoms with Gasteiger partial charge in [0.1, 0.15) is 11.5 Å². The number of nitrogens with one attached hydrogen (secondary N) is 1. The highest BCUT2D eigenvalue weighted by Gasteiger charge is 2.11. The average molecular weight is 357 g/mol. The highest BCUT2D eigenvalue weighted by Crippen LogP contribution is 2.28. The van der Waals surface area contributed by atoms with Crippen LogP contribution in [0.2, 0.25) is 0 Å². The van der Waals surface area contributed by atoms with E-state index in [1.165, 1.54) is 6.07 Å². The summed E-state index contributed by atoms with van der Waals surface area (Å²) in [6, 6.07) is 16.8. The number of hydrogen-bond acceptors (Lipinski definition) is 2. The second kappa shape index (κ2) is 6.07. The molecule has 0 fully saturated rings. The second-order valence-electron chi connectivity index (χ2n) is 6.51. The molecule has 2 aromatic carbocycles. The Morgan fingerprint density at radius 2 is 1.89 bits per heavy atom. The van der Waals surface area contributed by atoms with Gasteiger partial charge in [-0.15, -0.1) is 0 Å². The minimum atomic E-state index is -0.402. The summed E-state index contributed by atoms with van der Waals surface area (Å²) in [6.07, 6.45) is 5.79. The van der Waals surface area contributed by atoms with Crippen LogP contribution in [-0.2, 0) is 6.61 Å². The van der Waals surface area contributed by atoms with Crippen LogP contribution in [0.15, 0.2) is 73.2 Å². The molecule has 0 aliphatic heterocycles. The number of aliphatic hydroxyl groups excluding tert-OH is 1. The van der Waals surface area contributed by atoms with Crippen LogP contribution in [-0.4, -0.2) is 19.5 Å². The minimum absolute atomic E-state index is 0.301. The Morgan fingerprint density at radius 1 is 1.00 bits per heavy atom. The van der Waals surface area contributed by atoms with Crippen LogP contribution < -0.4 is 0 Å². The van der Waals surface area contributed by atoms with E-state index in [9.17, 15) is 9.50 Å². The van der Waals surface area contributed by atoms with Crippen LogP contribution in [0.1, 0.15) is 5.56 Å². The number of benzene rings is 2. The third-order valence-corrected chi connectivity index (χ3v) is 4.89. The summed E-state index contributed by atoms with van der Waals surface area (Å²) in [7, 11) is 0. The zero-order valence-corrected chi connectivity index (χ0v) is 14.4.